The molecule has 25 heavy (non-hydrogen) atoms. The number of alkyl halides is 3. The van der Waals surface area contributed by atoms with Crippen LogP contribution in [0.4, 0.5) is 28.9 Å². The summed E-state index contributed by atoms with van der Waals surface area (Å²) >= 11 is 0. The van der Waals surface area contributed by atoms with Gasteiger partial charge in [0.2, 0.25) is 5.60 Å². The molecule has 2 N–H and O–H groups in total. The SMILES string of the molecule is Cn1ccnc1[C@](O)(CCNc1ccc(F)cc1[N+](=O)[O-])C(F)(F)F. The van der Waals surface area contributed by atoms with Gasteiger partial charge in [0.1, 0.15) is 17.3 Å². The number of anilines is 1. The molecule has 0 aliphatic carbocycles. The number of nitrogens with zero attached hydrogens (tertiary/aromatic N) is 3. The Kier molecular flexibility index (Phi) is 4.97. The molecule has 0 saturated carbocycles. The number of nitro groups is 1. The molecule has 7 nitrogen and oxygen atoms in total. The zero-order chi connectivity index (χ0) is 18.8. The second-order valence-electron chi connectivity index (χ2n) is 5.32. The molecule has 0 amide bonds. The molecular weight excluding hydrogens is 348 g/mol. The number of hydrogen-bond acceptors (Lipinski definition) is 5. The minimum atomic E-state index is -5.01. The van der Waals surface area contributed by atoms with Crippen molar-refractivity contribution in [3.8, 4) is 0 Å². The summed E-state index contributed by atoms with van der Waals surface area (Å²) in [5.41, 5.74) is -4.02. The molecule has 0 radical (unpaired) electrons. The molecule has 1 aromatic heterocycles. The highest BCUT2D eigenvalue weighted by Gasteiger charge is 2.57. The van der Waals surface area contributed by atoms with E-state index in [0.29, 0.717) is 6.07 Å². The average molecular weight is 362 g/mol. The lowest BCUT2D eigenvalue weighted by Gasteiger charge is -2.30. The molecule has 2 rings (SSSR count). The van der Waals surface area contributed by atoms with E-state index in [1.807, 2.05) is 0 Å². The Morgan fingerprint density at radius 1 is 1.40 bits per heavy atom. The van der Waals surface area contributed by atoms with Crippen LogP contribution in [0.25, 0.3) is 0 Å². The Labute approximate surface area is 139 Å². The molecule has 0 aliphatic heterocycles. The summed E-state index contributed by atoms with van der Waals surface area (Å²) in [6.07, 6.45) is -3.49. The van der Waals surface area contributed by atoms with Crippen LogP contribution in [0.5, 0.6) is 0 Å². The monoisotopic (exact) mass is 362 g/mol. The van der Waals surface area contributed by atoms with Crippen molar-refractivity contribution in [2.24, 2.45) is 7.05 Å². The largest absolute Gasteiger partial charge is 0.424 e. The van der Waals surface area contributed by atoms with E-state index in [1.54, 1.807) is 0 Å². The summed E-state index contributed by atoms with van der Waals surface area (Å²) in [6, 6.07) is 2.63. The second kappa shape index (κ2) is 6.67. The minimum Gasteiger partial charge on any atom is -0.379 e. The number of rotatable bonds is 6. The number of aliphatic hydroxyl groups is 1. The van der Waals surface area contributed by atoms with Gasteiger partial charge in [-0.2, -0.15) is 13.2 Å². The lowest BCUT2D eigenvalue weighted by atomic mass is 9.97. The number of nitro benzene ring substituents is 1. The van der Waals surface area contributed by atoms with Gasteiger partial charge < -0.3 is 15.0 Å². The first-order valence-electron chi connectivity index (χ1n) is 7.01. The van der Waals surface area contributed by atoms with Gasteiger partial charge in [-0.15, -0.1) is 0 Å². The predicted octanol–water partition coefficient (Wildman–Crippen LogP) is 2.72. The maximum absolute atomic E-state index is 13.3. The first-order valence-corrected chi connectivity index (χ1v) is 7.01. The molecule has 2 aromatic rings. The maximum atomic E-state index is 13.3. The Bertz CT molecular complexity index is 778. The van der Waals surface area contributed by atoms with Gasteiger partial charge in [0, 0.05) is 32.4 Å². The van der Waals surface area contributed by atoms with Crippen molar-refractivity contribution >= 4 is 11.4 Å². The number of imidazole rings is 1. The molecule has 0 unspecified atom stereocenters. The molecule has 0 fully saturated rings. The Morgan fingerprint density at radius 3 is 2.60 bits per heavy atom. The van der Waals surface area contributed by atoms with E-state index in [9.17, 15) is 32.8 Å². The van der Waals surface area contributed by atoms with Gasteiger partial charge in [-0.25, -0.2) is 9.37 Å². The van der Waals surface area contributed by atoms with Crippen LogP contribution in [0.15, 0.2) is 30.6 Å². The van der Waals surface area contributed by atoms with Crippen molar-refractivity contribution in [1.29, 1.82) is 0 Å². The van der Waals surface area contributed by atoms with Crippen LogP contribution in [-0.2, 0) is 12.6 Å². The zero-order valence-electron chi connectivity index (χ0n) is 12.9. The number of halogens is 4. The third-order valence-corrected chi connectivity index (χ3v) is 3.62. The van der Waals surface area contributed by atoms with E-state index in [1.165, 1.54) is 13.2 Å². The van der Waals surface area contributed by atoms with Crippen molar-refractivity contribution in [1.82, 2.24) is 9.55 Å². The van der Waals surface area contributed by atoms with Crippen LogP contribution in [-0.4, -0.2) is 32.3 Å². The van der Waals surface area contributed by atoms with Gasteiger partial charge in [-0.3, -0.25) is 10.1 Å². The molecule has 0 spiro atoms. The van der Waals surface area contributed by atoms with E-state index >= 15 is 0 Å². The molecule has 1 heterocycles. The minimum absolute atomic E-state index is 0.157. The first kappa shape index (κ1) is 18.6. The molecule has 0 saturated heterocycles. The number of nitrogens with one attached hydrogen (secondary N) is 1. The quantitative estimate of drug-likeness (QED) is 0.468. The standard InChI is InChI=1S/C14H14F4N4O3/c1-21-7-6-20-12(21)13(23,14(16,17)18)4-5-19-10-3-2-9(15)8-11(10)22(24)25/h2-3,6-8,19,23H,4-5H2,1H3/t13-/m1/s1. The summed E-state index contributed by atoms with van der Waals surface area (Å²) in [5.74, 6) is -1.45. The third-order valence-electron chi connectivity index (χ3n) is 3.62. The van der Waals surface area contributed by atoms with Gasteiger partial charge in [0.25, 0.3) is 5.69 Å². The highest BCUT2D eigenvalue weighted by molar-refractivity contribution is 5.61. The van der Waals surface area contributed by atoms with Crippen molar-refractivity contribution in [3.63, 3.8) is 0 Å². The lowest BCUT2D eigenvalue weighted by molar-refractivity contribution is -0.384. The average Bonchev–Trinajstić information content (AvgIpc) is 2.93. The predicted molar refractivity (Wildman–Crippen MR) is 79.3 cm³/mol. The van der Waals surface area contributed by atoms with E-state index in [2.05, 4.69) is 10.3 Å². The smallest absolute Gasteiger partial charge is 0.379 e. The highest BCUT2D eigenvalue weighted by atomic mass is 19.4. The Morgan fingerprint density at radius 2 is 2.08 bits per heavy atom. The van der Waals surface area contributed by atoms with Crippen LogP contribution in [0.1, 0.15) is 12.2 Å². The topological polar surface area (TPSA) is 93.2 Å². The molecule has 1 aromatic carbocycles. The maximum Gasteiger partial charge on any atom is 0.424 e. The summed E-state index contributed by atoms with van der Waals surface area (Å²) in [5, 5.41) is 23.5. The highest BCUT2D eigenvalue weighted by Crippen LogP contribution is 2.40. The van der Waals surface area contributed by atoms with Crippen LogP contribution in [0.3, 0.4) is 0 Å². The van der Waals surface area contributed by atoms with Gasteiger partial charge in [-0.1, -0.05) is 0 Å². The fourth-order valence-corrected chi connectivity index (χ4v) is 2.33. The molecular formula is C14H14F4N4O3. The summed E-state index contributed by atoms with van der Waals surface area (Å²) < 4.78 is 54.1. The van der Waals surface area contributed by atoms with Crippen molar-refractivity contribution in [3.05, 3.63) is 52.3 Å². The molecule has 1 atom stereocenters. The summed E-state index contributed by atoms with van der Waals surface area (Å²) in [6.45, 7) is -0.463. The summed E-state index contributed by atoms with van der Waals surface area (Å²) in [7, 11) is 1.30. The van der Waals surface area contributed by atoms with Crippen molar-refractivity contribution in [2.75, 3.05) is 11.9 Å². The Balaban J connectivity index is 2.21. The number of aryl methyl sites for hydroxylation is 1. The summed E-state index contributed by atoms with van der Waals surface area (Å²) in [4.78, 5) is 13.6. The lowest BCUT2D eigenvalue weighted by Crippen LogP contribution is -2.45. The fourth-order valence-electron chi connectivity index (χ4n) is 2.33. The molecule has 136 valence electrons. The number of benzene rings is 1. The van der Waals surface area contributed by atoms with Crippen molar-refractivity contribution in [2.45, 2.75) is 18.2 Å². The number of aromatic nitrogens is 2. The zero-order valence-corrected chi connectivity index (χ0v) is 12.9. The van der Waals surface area contributed by atoms with Crippen LogP contribution in [0, 0.1) is 15.9 Å². The van der Waals surface area contributed by atoms with Gasteiger partial charge in [-0.05, 0) is 12.1 Å². The molecule has 0 aliphatic rings. The van der Waals surface area contributed by atoms with Crippen molar-refractivity contribution < 1.29 is 27.6 Å². The molecule has 11 heteroatoms. The Hall–Kier alpha value is -2.69. The van der Waals surface area contributed by atoms with Gasteiger partial charge in [0.05, 0.1) is 11.0 Å². The third kappa shape index (κ3) is 3.71. The first-order chi connectivity index (χ1) is 11.6. The van der Waals surface area contributed by atoms with Crippen LogP contribution in [0.2, 0.25) is 0 Å². The number of hydrogen-bond donors (Lipinski definition) is 2. The van der Waals surface area contributed by atoms with Crippen LogP contribution < -0.4 is 5.32 Å². The van der Waals surface area contributed by atoms with E-state index in [4.69, 9.17) is 0 Å². The fraction of sp³-hybridized carbons (Fsp3) is 0.357. The van der Waals surface area contributed by atoms with Crippen LogP contribution >= 0.6 is 0 Å². The van der Waals surface area contributed by atoms with Gasteiger partial charge in [0.15, 0.2) is 0 Å². The molecule has 0 bridgehead atoms. The normalized spacial score (nSPS) is 14.2. The van der Waals surface area contributed by atoms with E-state index in [-0.39, 0.29) is 5.69 Å². The van der Waals surface area contributed by atoms with Gasteiger partial charge >= 0.3 is 6.18 Å². The van der Waals surface area contributed by atoms with E-state index < -0.39 is 47.0 Å². The van der Waals surface area contributed by atoms with E-state index in [0.717, 1.165) is 22.9 Å². The second-order valence-corrected chi connectivity index (χ2v) is 5.32.